The molecule has 0 saturated carbocycles. The van der Waals surface area contributed by atoms with Crippen LogP contribution in [0.5, 0.6) is 0 Å². The van der Waals surface area contributed by atoms with Gasteiger partial charge in [0, 0.05) is 6.04 Å². The van der Waals surface area contributed by atoms with E-state index in [1.807, 2.05) is 0 Å². The van der Waals surface area contributed by atoms with E-state index in [1.165, 1.54) is 0 Å². The lowest BCUT2D eigenvalue weighted by atomic mass is 10.1. The molecule has 7 heteroatoms. The molecule has 0 aliphatic rings. The topological polar surface area (TPSA) is 83.5 Å². The molecule has 4 nitrogen and oxygen atoms in total. The Morgan fingerprint density at radius 1 is 1.50 bits per heavy atom. The molecule has 0 radical (unpaired) electrons. The van der Waals surface area contributed by atoms with Crippen molar-refractivity contribution in [2.75, 3.05) is 0 Å². The first-order valence-corrected chi connectivity index (χ1v) is 2.97. The number of aliphatic hydroxyl groups is 1. The monoisotopic (exact) mass is 187 g/mol. The number of alkyl halides is 3. The van der Waals surface area contributed by atoms with Crippen LogP contribution < -0.4 is 5.73 Å². The highest BCUT2D eigenvalue weighted by atomic mass is 19.4. The zero-order valence-electron chi connectivity index (χ0n) is 5.88. The zero-order chi connectivity index (χ0) is 9.94. The predicted molar refractivity (Wildman–Crippen MR) is 32.3 cm³/mol. The maximum Gasteiger partial charge on any atom is 0.390 e. The number of carbonyl (C=O) groups is 1. The fourth-order valence-electron chi connectivity index (χ4n) is 0.562. The maximum absolute atomic E-state index is 11.5. The van der Waals surface area contributed by atoms with Crippen molar-refractivity contribution in [3.8, 4) is 0 Å². The van der Waals surface area contributed by atoms with Crippen LogP contribution in [0.25, 0.3) is 0 Å². The average molecular weight is 187 g/mol. The number of carboxylic acids is 1. The van der Waals surface area contributed by atoms with Crippen LogP contribution in [0.15, 0.2) is 0 Å². The quantitative estimate of drug-likeness (QED) is 0.567. The number of halogens is 3. The molecule has 0 heterocycles. The second kappa shape index (κ2) is 3.72. The first-order valence-electron chi connectivity index (χ1n) is 2.97. The van der Waals surface area contributed by atoms with Gasteiger partial charge in [-0.15, -0.1) is 0 Å². The minimum atomic E-state index is -4.56. The Balaban J connectivity index is 4.04. The summed E-state index contributed by atoms with van der Waals surface area (Å²) in [5, 5.41) is 16.6. The average Bonchev–Trinajstić information content (AvgIpc) is 1.82. The Bertz CT molecular complexity index is 170. The number of carboxylic acid groups (broad SMARTS) is 1. The van der Waals surface area contributed by atoms with Crippen molar-refractivity contribution in [1.82, 2.24) is 0 Å². The fourth-order valence-corrected chi connectivity index (χ4v) is 0.562. The molecule has 12 heavy (non-hydrogen) atoms. The molecule has 0 bridgehead atoms. The summed E-state index contributed by atoms with van der Waals surface area (Å²) in [4.78, 5) is 9.93. The van der Waals surface area contributed by atoms with Gasteiger partial charge < -0.3 is 15.9 Å². The van der Waals surface area contributed by atoms with Crippen molar-refractivity contribution in [2.24, 2.45) is 5.73 Å². The van der Waals surface area contributed by atoms with Gasteiger partial charge >= 0.3 is 12.1 Å². The molecular weight excluding hydrogens is 179 g/mol. The second-order valence-corrected chi connectivity index (χ2v) is 2.27. The molecule has 0 saturated heterocycles. The number of nitrogens with two attached hydrogens (primary N) is 1. The highest BCUT2D eigenvalue weighted by Crippen LogP contribution is 2.21. The van der Waals surface area contributed by atoms with Gasteiger partial charge in [-0.1, -0.05) is 0 Å². The van der Waals surface area contributed by atoms with Crippen LogP contribution in [-0.2, 0) is 4.79 Å². The predicted octanol–water partition coefficient (Wildman–Crippen LogP) is -0.288. The molecule has 0 aliphatic heterocycles. The summed E-state index contributed by atoms with van der Waals surface area (Å²) in [5.74, 6) is -1.76. The molecule has 2 unspecified atom stereocenters. The molecule has 4 N–H and O–H groups in total. The fraction of sp³-hybridized carbons (Fsp3) is 0.800. The molecule has 0 amide bonds. The molecule has 0 aromatic rings. The maximum atomic E-state index is 11.5. The van der Waals surface area contributed by atoms with E-state index >= 15 is 0 Å². The van der Waals surface area contributed by atoms with Gasteiger partial charge in [-0.2, -0.15) is 13.2 Å². The Morgan fingerprint density at radius 3 is 2.17 bits per heavy atom. The molecule has 72 valence electrons. The van der Waals surface area contributed by atoms with Crippen molar-refractivity contribution in [3.63, 3.8) is 0 Å². The van der Waals surface area contributed by atoms with Crippen LogP contribution in [0.3, 0.4) is 0 Å². The van der Waals surface area contributed by atoms with Crippen LogP contribution in [0.1, 0.15) is 6.42 Å². The van der Waals surface area contributed by atoms with Gasteiger partial charge in [-0.3, -0.25) is 0 Å². The Kier molecular flexibility index (Phi) is 3.47. The summed E-state index contributed by atoms with van der Waals surface area (Å²) >= 11 is 0. The largest absolute Gasteiger partial charge is 0.479 e. The highest BCUT2D eigenvalue weighted by Gasteiger charge is 2.35. The SMILES string of the molecule is NC(CC(F)(F)F)C(O)C(=O)O. The summed E-state index contributed by atoms with van der Waals surface area (Å²) < 4.78 is 34.6. The van der Waals surface area contributed by atoms with E-state index in [1.54, 1.807) is 0 Å². The van der Waals surface area contributed by atoms with Crippen LogP contribution in [0.2, 0.25) is 0 Å². The summed E-state index contributed by atoms with van der Waals surface area (Å²) in [6.45, 7) is 0. The number of hydrogen-bond donors (Lipinski definition) is 3. The van der Waals surface area contributed by atoms with E-state index in [9.17, 15) is 18.0 Å². The Labute approximate surface area is 65.8 Å². The van der Waals surface area contributed by atoms with Crippen LogP contribution >= 0.6 is 0 Å². The van der Waals surface area contributed by atoms with Gasteiger partial charge in [0.05, 0.1) is 6.42 Å². The van der Waals surface area contributed by atoms with Crippen LogP contribution in [0, 0.1) is 0 Å². The molecule has 0 spiro atoms. The zero-order valence-corrected chi connectivity index (χ0v) is 5.88. The molecule has 0 aromatic carbocycles. The first kappa shape index (κ1) is 11.2. The van der Waals surface area contributed by atoms with Crippen LogP contribution in [0.4, 0.5) is 13.2 Å². The number of aliphatic hydroxyl groups excluding tert-OH is 1. The third-order valence-electron chi connectivity index (χ3n) is 1.13. The van der Waals surface area contributed by atoms with E-state index in [0.29, 0.717) is 0 Å². The molecule has 0 rings (SSSR count). The Morgan fingerprint density at radius 2 is 1.92 bits per heavy atom. The smallest absolute Gasteiger partial charge is 0.390 e. The van der Waals surface area contributed by atoms with E-state index in [2.05, 4.69) is 0 Å². The third kappa shape index (κ3) is 4.14. The molecule has 0 aliphatic carbocycles. The van der Waals surface area contributed by atoms with E-state index in [4.69, 9.17) is 15.9 Å². The van der Waals surface area contributed by atoms with Crippen molar-refractivity contribution in [3.05, 3.63) is 0 Å². The lowest BCUT2D eigenvalue weighted by Crippen LogP contribution is -2.43. The summed E-state index contributed by atoms with van der Waals surface area (Å²) in [5.41, 5.74) is 4.75. The standard InChI is InChI=1S/C5H8F3NO3/c6-5(7,8)1-2(9)3(10)4(11)12/h2-3,10H,1,9H2,(H,11,12). The minimum absolute atomic E-state index is 1.51. The summed E-state index contributed by atoms with van der Waals surface area (Å²) in [7, 11) is 0. The third-order valence-corrected chi connectivity index (χ3v) is 1.13. The summed E-state index contributed by atoms with van der Waals surface area (Å²) in [6.07, 6.45) is -8.25. The van der Waals surface area contributed by atoms with Gasteiger partial charge in [0.25, 0.3) is 0 Å². The Hall–Kier alpha value is -0.820. The number of aliphatic carboxylic acids is 1. The minimum Gasteiger partial charge on any atom is -0.479 e. The summed E-state index contributed by atoms with van der Waals surface area (Å²) in [6, 6.07) is -1.82. The van der Waals surface area contributed by atoms with Crippen molar-refractivity contribution in [1.29, 1.82) is 0 Å². The lowest BCUT2D eigenvalue weighted by molar-refractivity contribution is -0.157. The molecule has 0 aromatic heterocycles. The van der Waals surface area contributed by atoms with Gasteiger partial charge in [-0.25, -0.2) is 4.79 Å². The van der Waals surface area contributed by atoms with E-state index in [-0.39, 0.29) is 0 Å². The van der Waals surface area contributed by atoms with Crippen molar-refractivity contribution >= 4 is 5.97 Å². The van der Waals surface area contributed by atoms with E-state index < -0.39 is 30.7 Å². The van der Waals surface area contributed by atoms with Crippen molar-refractivity contribution < 1.29 is 28.2 Å². The van der Waals surface area contributed by atoms with Crippen molar-refractivity contribution in [2.45, 2.75) is 24.7 Å². The normalized spacial score (nSPS) is 17.1. The van der Waals surface area contributed by atoms with Gasteiger partial charge in [0.2, 0.25) is 0 Å². The van der Waals surface area contributed by atoms with Crippen LogP contribution in [-0.4, -0.2) is 34.5 Å². The van der Waals surface area contributed by atoms with E-state index in [0.717, 1.165) is 0 Å². The second-order valence-electron chi connectivity index (χ2n) is 2.27. The molecular formula is C5H8F3NO3. The molecule has 0 fully saturated rings. The number of hydrogen-bond acceptors (Lipinski definition) is 3. The first-order chi connectivity index (χ1) is 5.24. The van der Waals surface area contributed by atoms with Gasteiger partial charge in [0.1, 0.15) is 0 Å². The highest BCUT2D eigenvalue weighted by molar-refractivity contribution is 5.72. The van der Waals surface area contributed by atoms with Gasteiger partial charge in [0.15, 0.2) is 6.10 Å². The lowest BCUT2D eigenvalue weighted by Gasteiger charge is -2.16. The van der Waals surface area contributed by atoms with Gasteiger partial charge in [-0.05, 0) is 0 Å². The molecule has 2 atom stereocenters. The number of rotatable bonds is 3.